The van der Waals surface area contributed by atoms with Crippen molar-refractivity contribution >= 4 is 27.6 Å². The Kier molecular flexibility index (Phi) is 4.47. The van der Waals surface area contributed by atoms with Gasteiger partial charge in [0.1, 0.15) is 0 Å². The number of benzene rings is 1. The molecule has 1 aromatic rings. The average molecular weight is 328 g/mol. The van der Waals surface area contributed by atoms with Gasteiger partial charge in [-0.25, -0.2) is 4.79 Å². The van der Waals surface area contributed by atoms with E-state index in [-0.39, 0.29) is 6.10 Å². The lowest BCUT2D eigenvalue weighted by molar-refractivity contribution is 0.0299. The SMILES string of the molecule is CCC1COC(C)CN1c1ccc(C(=O)O)cc1Br. The van der Waals surface area contributed by atoms with Gasteiger partial charge in [0.05, 0.1) is 30.0 Å². The van der Waals surface area contributed by atoms with Crippen LogP contribution in [0.5, 0.6) is 0 Å². The van der Waals surface area contributed by atoms with Crippen molar-refractivity contribution in [1.82, 2.24) is 0 Å². The largest absolute Gasteiger partial charge is 0.478 e. The number of morpholine rings is 1. The molecule has 4 nitrogen and oxygen atoms in total. The van der Waals surface area contributed by atoms with Crippen LogP contribution >= 0.6 is 15.9 Å². The van der Waals surface area contributed by atoms with E-state index in [2.05, 4.69) is 34.7 Å². The number of nitrogens with zero attached hydrogens (tertiary/aromatic N) is 1. The first kappa shape index (κ1) is 14.3. The number of carbonyl (C=O) groups is 1. The number of carboxylic acids is 1. The van der Waals surface area contributed by atoms with Crippen molar-refractivity contribution in [3.05, 3.63) is 28.2 Å². The number of halogens is 1. The normalized spacial score (nSPS) is 23.4. The van der Waals surface area contributed by atoms with Crippen LogP contribution in [0.25, 0.3) is 0 Å². The summed E-state index contributed by atoms with van der Waals surface area (Å²) in [5, 5.41) is 9.00. The Balaban J connectivity index is 2.31. The fourth-order valence-electron chi connectivity index (χ4n) is 2.35. The molecule has 1 fully saturated rings. The first-order valence-corrected chi connectivity index (χ1v) is 7.23. The number of aromatic carboxylic acids is 1. The Bertz CT molecular complexity index is 478. The van der Waals surface area contributed by atoms with E-state index in [0.29, 0.717) is 18.2 Å². The van der Waals surface area contributed by atoms with Crippen molar-refractivity contribution in [2.45, 2.75) is 32.4 Å². The van der Waals surface area contributed by atoms with Crippen LogP contribution < -0.4 is 4.90 Å². The predicted molar refractivity (Wildman–Crippen MR) is 77.9 cm³/mol. The topological polar surface area (TPSA) is 49.8 Å². The maximum absolute atomic E-state index is 11.0. The van der Waals surface area contributed by atoms with Crippen molar-refractivity contribution < 1.29 is 14.6 Å². The van der Waals surface area contributed by atoms with Crippen LogP contribution in [-0.4, -0.2) is 36.4 Å². The molecular weight excluding hydrogens is 310 g/mol. The molecule has 19 heavy (non-hydrogen) atoms. The summed E-state index contributed by atoms with van der Waals surface area (Å²) in [4.78, 5) is 13.3. The van der Waals surface area contributed by atoms with Crippen LogP contribution in [0, 0.1) is 0 Å². The molecule has 1 aliphatic rings. The summed E-state index contributed by atoms with van der Waals surface area (Å²) in [7, 11) is 0. The maximum Gasteiger partial charge on any atom is 0.335 e. The molecule has 1 N–H and O–H groups in total. The molecule has 1 heterocycles. The lowest BCUT2D eigenvalue weighted by atomic mass is 10.1. The van der Waals surface area contributed by atoms with E-state index in [0.717, 1.165) is 23.1 Å². The minimum atomic E-state index is -0.908. The van der Waals surface area contributed by atoms with Gasteiger partial charge in [0.25, 0.3) is 0 Å². The quantitative estimate of drug-likeness (QED) is 0.926. The van der Waals surface area contributed by atoms with Crippen molar-refractivity contribution in [3.8, 4) is 0 Å². The van der Waals surface area contributed by atoms with E-state index < -0.39 is 5.97 Å². The Morgan fingerprint density at radius 3 is 2.89 bits per heavy atom. The Morgan fingerprint density at radius 1 is 1.58 bits per heavy atom. The molecule has 2 unspecified atom stereocenters. The minimum absolute atomic E-state index is 0.189. The fourth-order valence-corrected chi connectivity index (χ4v) is 2.96. The van der Waals surface area contributed by atoms with Crippen molar-refractivity contribution in [1.29, 1.82) is 0 Å². The second kappa shape index (κ2) is 5.92. The monoisotopic (exact) mass is 327 g/mol. The molecule has 0 amide bonds. The Labute approximate surface area is 121 Å². The van der Waals surface area contributed by atoms with Crippen LogP contribution in [0.15, 0.2) is 22.7 Å². The molecule has 1 saturated heterocycles. The average Bonchev–Trinajstić information content (AvgIpc) is 2.38. The smallest absolute Gasteiger partial charge is 0.335 e. The van der Waals surface area contributed by atoms with Crippen LogP contribution in [0.1, 0.15) is 30.6 Å². The van der Waals surface area contributed by atoms with Gasteiger partial charge in [-0.3, -0.25) is 0 Å². The lowest BCUT2D eigenvalue weighted by Crippen LogP contribution is -2.48. The number of hydrogen-bond acceptors (Lipinski definition) is 3. The number of hydrogen-bond donors (Lipinski definition) is 1. The predicted octanol–water partition coefficient (Wildman–Crippen LogP) is 3.15. The summed E-state index contributed by atoms with van der Waals surface area (Å²) in [6, 6.07) is 5.51. The first-order valence-electron chi connectivity index (χ1n) is 6.44. The lowest BCUT2D eigenvalue weighted by Gasteiger charge is -2.40. The summed E-state index contributed by atoms with van der Waals surface area (Å²) in [5.74, 6) is -0.908. The molecule has 0 bridgehead atoms. The molecular formula is C14H18BrNO3. The molecule has 1 aliphatic heterocycles. The molecule has 0 aromatic heterocycles. The number of rotatable bonds is 3. The Hall–Kier alpha value is -1.07. The summed E-state index contributed by atoms with van der Waals surface area (Å²) in [6.45, 7) is 5.73. The standard InChI is InChI=1S/C14H18BrNO3/c1-3-11-8-19-9(2)7-16(11)13-5-4-10(14(17)18)6-12(13)15/h4-6,9,11H,3,7-8H2,1-2H3,(H,17,18). The van der Waals surface area contributed by atoms with Gasteiger partial charge >= 0.3 is 5.97 Å². The van der Waals surface area contributed by atoms with Gasteiger partial charge in [-0.1, -0.05) is 6.92 Å². The molecule has 2 atom stereocenters. The fraction of sp³-hybridized carbons (Fsp3) is 0.500. The van der Waals surface area contributed by atoms with E-state index in [1.807, 2.05) is 6.07 Å². The van der Waals surface area contributed by atoms with Gasteiger partial charge in [0, 0.05) is 11.0 Å². The highest BCUT2D eigenvalue weighted by Gasteiger charge is 2.27. The molecule has 104 valence electrons. The van der Waals surface area contributed by atoms with Crippen LogP contribution in [0.3, 0.4) is 0 Å². The van der Waals surface area contributed by atoms with Gasteiger partial charge in [-0.05, 0) is 47.5 Å². The minimum Gasteiger partial charge on any atom is -0.478 e. The molecule has 0 radical (unpaired) electrons. The molecule has 1 aromatic carbocycles. The highest BCUT2D eigenvalue weighted by atomic mass is 79.9. The zero-order chi connectivity index (χ0) is 14.0. The van der Waals surface area contributed by atoms with E-state index >= 15 is 0 Å². The third-order valence-corrected chi connectivity index (χ3v) is 4.08. The van der Waals surface area contributed by atoms with Gasteiger partial charge in [-0.15, -0.1) is 0 Å². The van der Waals surface area contributed by atoms with Crippen molar-refractivity contribution in [2.24, 2.45) is 0 Å². The van der Waals surface area contributed by atoms with E-state index in [9.17, 15) is 4.79 Å². The molecule has 5 heteroatoms. The summed E-state index contributed by atoms with van der Waals surface area (Å²) >= 11 is 3.48. The van der Waals surface area contributed by atoms with E-state index in [1.54, 1.807) is 12.1 Å². The Morgan fingerprint density at radius 2 is 2.32 bits per heavy atom. The molecule has 0 spiro atoms. The zero-order valence-corrected chi connectivity index (χ0v) is 12.7. The van der Waals surface area contributed by atoms with Crippen LogP contribution in [0.4, 0.5) is 5.69 Å². The molecule has 0 saturated carbocycles. The van der Waals surface area contributed by atoms with Gasteiger partial charge in [0.15, 0.2) is 0 Å². The highest BCUT2D eigenvalue weighted by Crippen LogP contribution is 2.31. The highest BCUT2D eigenvalue weighted by molar-refractivity contribution is 9.10. The second-order valence-electron chi connectivity index (χ2n) is 4.83. The van der Waals surface area contributed by atoms with Crippen molar-refractivity contribution in [2.75, 3.05) is 18.1 Å². The summed E-state index contributed by atoms with van der Waals surface area (Å²) in [6.07, 6.45) is 1.19. The number of carboxylic acid groups (broad SMARTS) is 1. The number of anilines is 1. The van der Waals surface area contributed by atoms with Crippen molar-refractivity contribution in [3.63, 3.8) is 0 Å². The van der Waals surface area contributed by atoms with Crippen LogP contribution in [-0.2, 0) is 4.74 Å². The third kappa shape index (κ3) is 3.09. The van der Waals surface area contributed by atoms with Gasteiger partial charge in [0.2, 0.25) is 0 Å². The summed E-state index contributed by atoms with van der Waals surface area (Å²) in [5.41, 5.74) is 1.33. The summed E-state index contributed by atoms with van der Waals surface area (Å²) < 4.78 is 6.50. The number of ether oxygens (including phenoxy) is 1. The third-order valence-electron chi connectivity index (χ3n) is 3.44. The van der Waals surface area contributed by atoms with Gasteiger partial charge in [-0.2, -0.15) is 0 Å². The second-order valence-corrected chi connectivity index (χ2v) is 5.68. The first-order chi connectivity index (χ1) is 9.02. The van der Waals surface area contributed by atoms with E-state index in [4.69, 9.17) is 9.84 Å². The van der Waals surface area contributed by atoms with E-state index in [1.165, 1.54) is 0 Å². The zero-order valence-electron chi connectivity index (χ0n) is 11.1. The molecule has 0 aliphatic carbocycles. The van der Waals surface area contributed by atoms with Gasteiger partial charge < -0.3 is 14.7 Å². The molecule has 2 rings (SSSR count). The van der Waals surface area contributed by atoms with Crippen LogP contribution in [0.2, 0.25) is 0 Å². The maximum atomic E-state index is 11.0.